The molecular formula is C18H12F4N2O2S. The van der Waals surface area contributed by atoms with E-state index in [1.807, 2.05) is 0 Å². The fourth-order valence-electron chi connectivity index (χ4n) is 3.21. The average Bonchev–Trinajstić information content (AvgIpc) is 3.16. The van der Waals surface area contributed by atoms with Crippen molar-refractivity contribution in [3.8, 4) is 0 Å². The van der Waals surface area contributed by atoms with Gasteiger partial charge in [-0.1, -0.05) is 12.1 Å². The Hall–Kier alpha value is -2.55. The minimum Gasteiger partial charge on any atom is -0.295 e. The molecule has 3 amide bonds. The maximum absolute atomic E-state index is 13.1. The van der Waals surface area contributed by atoms with Gasteiger partial charge in [0.15, 0.2) is 0 Å². The highest BCUT2D eigenvalue weighted by Gasteiger charge is 2.53. The number of imide groups is 1. The van der Waals surface area contributed by atoms with Crippen LogP contribution in [0.2, 0.25) is 0 Å². The zero-order valence-corrected chi connectivity index (χ0v) is 14.4. The number of alkyl halides is 3. The summed E-state index contributed by atoms with van der Waals surface area (Å²) in [5.74, 6) is -0.571. The van der Waals surface area contributed by atoms with E-state index in [4.69, 9.17) is 0 Å². The number of nitrogens with zero attached hydrogens (tertiary/aromatic N) is 2. The standard InChI is InChI=1S/C18H12F4N2O2S/c19-12-5-7-13(8-6-12)23-15(25)14-9-27-16(24(14)17(23)26)10-1-3-11(4-2-10)18(20,21)22/h1-8,14,16H,9H2/t14-,16-/m0/s1. The lowest BCUT2D eigenvalue weighted by Crippen LogP contribution is -2.33. The van der Waals surface area contributed by atoms with E-state index in [0.717, 1.165) is 29.2 Å². The van der Waals surface area contributed by atoms with E-state index in [-0.39, 0.29) is 5.69 Å². The first-order valence-electron chi connectivity index (χ1n) is 7.98. The van der Waals surface area contributed by atoms with Crippen LogP contribution in [0.1, 0.15) is 16.5 Å². The fourth-order valence-corrected chi connectivity index (χ4v) is 4.63. The minimum atomic E-state index is -4.44. The van der Waals surface area contributed by atoms with E-state index in [1.165, 1.54) is 40.9 Å². The van der Waals surface area contributed by atoms with Gasteiger partial charge in [-0.2, -0.15) is 13.2 Å². The first-order valence-corrected chi connectivity index (χ1v) is 9.03. The van der Waals surface area contributed by atoms with E-state index < -0.39 is 40.9 Å². The van der Waals surface area contributed by atoms with E-state index in [9.17, 15) is 27.2 Å². The molecule has 0 spiro atoms. The van der Waals surface area contributed by atoms with Crippen molar-refractivity contribution in [1.29, 1.82) is 0 Å². The van der Waals surface area contributed by atoms with E-state index in [0.29, 0.717) is 11.3 Å². The molecule has 4 rings (SSSR count). The predicted octanol–water partition coefficient (Wildman–Crippen LogP) is 4.43. The number of halogens is 4. The Morgan fingerprint density at radius 3 is 2.19 bits per heavy atom. The van der Waals surface area contributed by atoms with Gasteiger partial charge >= 0.3 is 12.2 Å². The number of urea groups is 1. The lowest BCUT2D eigenvalue weighted by molar-refractivity contribution is -0.137. The van der Waals surface area contributed by atoms with Crippen molar-refractivity contribution >= 4 is 29.4 Å². The molecule has 2 saturated heterocycles. The molecule has 4 nitrogen and oxygen atoms in total. The van der Waals surface area contributed by atoms with Gasteiger partial charge in [0, 0.05) is 5.75 Å². The summed E-state index contributed by atoms with van der Waals surface area (Å²) < 4.78 is 51.4. The largest absolute Gasteiger partial charge is 0.416 e. The van der Waals surface area contributed by atoms with Crippen molar-refractivity contribution < 1.29 is 27.2 Å². The molecule has 2 aliphatic rings. The summed E-state index contributed by atoms with van der Waals surface area (Å²) in [6.07, 6.45) is -4.44. The lowest BCUT2D eigenvalue weighted by Gasteiger charge is -2.23. The fraction of sp³-hybridized carbons (Fsp3) is 0.222. The second-order valence-electron chi connectivity index (χ2n) is 6.16. The number of thioether (sulfide) groups is 1. The van der Waals surface area contributed by atoms with Crippen LogP contribution >= 0.6 is 11.8 Å². The van der Waals surface area contributed by atoms with Crippen LogP contribution in [0.3, 0.4) is 0 Å². The van der Waals surface area contributed by atoms with Gasteiger partial charge in [0.25, 0.3) is 5.91 Å². The number of anilines is 1. The Morgan fingerprint density at radius 1 is 0.963 bits per heavy atom. The molecule has 0 bridgehead atoms. The van der Waals surface area contributed by atoms with Crippen molar-refractivity contribution in [3.05, 3.63) is 65.5 Å². The molecule has 0 N–H and O–H groups in total. The Bertz CT molecular complexity index is 899. The summed E-state index contributed by atoms with van der Waals surface area (Å²) in [6, 6.07) is 8.30. The number of benzene rings is 2. The first-order chi connectivity index (χ1) is 12.8. The van der Waals surface area contributed by atoms with Gasteiger partial charge in [0.2, 0.25) is 0 Å². The molecule has 27 heavy (non-hydrogen) atoms. The monoisotopic (exact) mass is 396 g/mol. The zero-order chi connectivity index (χ0) is 19.3. The van der Waals surface area contributed by atoms with Crippen molar-refractivity contribution in [2.75, 3.05) is 10.7 Å². The SMILES string of the molecule is O=C1[C@@H]2CS[C@@H](c3ccc(C(F)(F)F)cc3)N2C(=O)N1c1ccc(F)cc1. The predicted molar refractivity (Wildman–Crippen MR) is 91.6 cm³/mol. The quantitative estimate of drug-likeness (QED) is 0.557. The van der Waals surface area contributed by atoms with Crippen LogP contribution in [0.25, 0.3) is 0 Å². The molecule has 2 aliphatic heterocycles. The van der Waals surface area contributed by atoms with Crippen molar-refractivity contribution in [3.63, 3.8) is 0 Å². The number of carbonyl (C=O) groups is 2. The van der Waals surface area contributed by atoms with Crippen molar-refractivity contribution in [1.82, 2.24) is 4.90 Å². The van der Waals surface area contributed by atoms with Crippen LogP contribution in [0.15, 0.2) is 48.5 Å². The van der Waals surface area contributed by atoms with E-state index in [2.05, 4.69) is 0 Å². The third kappa shape index (κ3) is 2.95. The van der Waals surface area contributed by atoms with Gasteiger partial charge in [0.05, 0.1) is 11.3 Å². The molecule has 0 radical (unpaired) electrons. The molecular weight excluding hydrogens is 384 g/mol. The zero-order valence-electron chi connectivity index (χ0n) is 13.6. The van der Waals surface area contributed by atoms with Gasteiger partial charge in [-0.25, -0.2) is 14.1 Å². The Kier molecular flexibility index (Phi) is 4.14. The van der Waals surface area contributed by atoms with Crippen molar-refractivity contribution in [2.24, 2.45) is 0 Å². The van der Waals surface area contributed by atoms with Gasteiger partial charge in [-0.3, -0.25) is 9.69 Å². The maximum Gasteiger partial charge on any atom is 0.416 e. The number of hydrogen-bond acceptors (Lipinski definition) is 3. The lowest BCUT2D eigenvalue weighted by atomic mass is 10.1. The van der Waals surface area contributed by atoms with Crippen molar-refractivity contribution in [2.45, 2.75) is 17.6 Å². The Morgan fingerprint density at radius 2 is 1.59 bits per heavy atom. The van der Waals surface area contributed by atoms with Gasteiger partial charge in [-0.15, -0.1) is 11.8 Å². The first kappa shape index (κ1) is 17.8. The maximum atomic E-state index is 13.1. The molecule has 0 aliphatic carbocycles. The summed E-state index contributed by atoms with van der Waals surface area (Å²) >= 11 is 1.32. The summed E-state index contributed by atoms with van der Waals surface area (Å²) in [6.45, 7) is 0. The van der Waals surface area contributed by atoms with Gasteiger partial charge in [0.1, 0.15) is 17.2 Å². The third-order valence-corrected chi connectivity index (χ3v) is 5.85. The number of rotatable bonds is 2. The summed E-state index contributed by atoms with van der Waals surface area (Å²) in [4.78, 5) is 27.9. The molecule has 0 aromatic heterocycles. The van der Waals surface area contributed by atoms with E-state index >= 15 is 0 Å². The molecule has 0 saturated carbocycles. The smallest absolute Gasteiger partial charge is 0.295 e. The molecule has 9 heteroatoms. The second kappa shape index (κ2) is 6.26. The van der Waals surface area contributed by atoms with Crippen LogP contribution in [-0.2, 0) is 11.0 Å². The molecule has 2 aromatic carbocycles. The number of fused-ring (bicyclic) bond motifs is 1. The highest BCUT2D eigenvalue weighted by atomic mass is 32.2. The Labute approximate surface area is 155 Å². The molecule has 140 valence electrons. The summed E-state index contributed by atoms with van der Waals surface area (Å²) in [7, 11) is 0. The highest BCUT2D eigenvalue weighted by Crippen LogP contribution is 2.46. The summed E-state index contributed by atoms with van der Waals surface area (Å²) in [5.41, 5.74) is -0.00265. The van der Waals surface area contributed by atoms with E-state index in [1.54, 1.807) is 0 Å². The normalized spacial score (nSPS) is 22.5. The number of carbonyl (C=O) groups excluding carboxylic acids is 2. The Balaban J connectivity index is 1.63. The van der Waals surface area contributed by atoms with Crippen LogP contribution in [-0.4, -0.2) is 28.6 Å². The van der Waals surface area contributed by atoms with Gasteiger partial charge < -0.3 is 0 Å². The molecule has 2 fully saturated rings. The van der Waals surface area contributed by atoms with Crippen LogP contribution in [0, 0.1) is 5.82 Å². The second-order valence-corrected chi connectivity index (χ2v) is 7.27. The number of amides is 3. The molecule has 2 heterocycles. The van der Waals surface area contributed by atoms with Gasteiger partial charge in [-0.05, 0) is 42.0 Å². The topological polar surface area (TPSA) is 40.6 Å². The number of hydrogen-bond donors (Lipinski definition) is 0. The summed E-state index contributed by atoms with van der Waals surface area (Å²) in [5, 5.41) is -0.556. The highest BCUT2D eigenvalue weighted by molar-refractivity contribution is 7.99. The molecule has 2 aromatic rings. The van der Waals surface area contributed by atoms with Crippen LogP contribution in [0.4, 0.5) is 28.0 Å². The molecule has 0 unspecified atom stereocenters. The average molecular weight is 396 g/mol. The minimum absolute atomic E-state index is 0.261. The van der Waals surface area contributed by atoms with Crippen LogP contribution < -0.4 is 4.90 Å². The third-order valence-electron chi connectivity index (χ3n) is 4.53. The molecule has 2 atom stereocenters. The van der Waals surface area contributed by atoms with Crippen LogP contribution in [0.5, 0.6) is 0 Å².